The molecule has 0 bridgehead atoms. The van der Waals surface area contributed by atoms with Crippen molar-refractivity contribution in [2.24, 2.45) is 0 Å². The van der Waals surface area contributed by atoms with Crippen molar-refractivity contribution < 1.29 is 8.42 Å². The van der Waals surface area contributed by atoms with E-state index in [9.17, 15) is 8.42 Å². The molecule has 2 aromatic rings. The van der Waals surface area contributed by atoms with Crippen LogP contribution in [0.25, 0.3) is 0 Å². The first-order valence-corrected chi connectivity index (χ1v) is 9.08. The molecule has 2 aromatic heterocycles. The molecule has 1 aliphatic rings. The Morgan fingerprint density at radius 3 is 2.68 bits per heavy atom. The van der Waals surface area contributed by atoms with E-state index in [1.165, 1.54) is 18.7 Å². The summed E-state index contributed by atoms with van der Waals surface area (Å²) in [5, 5.41) is 11.0. The lowest BCUT2D eigenvalue weighted by atomic mass is 9.95. The Hall–Kier alpha value is -1.83. The van der Waals surface area contributed by atoms with E-state index in [0.29, 0.717) is 5.82 Å². The summed E-state index contributed by atoms with van der Waals surface area (Å²) < 4.78 is 27.1. The molecular weight excluding hydrogens is 302 g/mol. The first-order chi connectivity index (χ1) is 10.6. The van der Waals surface area contributed by atoms with Crippen LogP contribution in [0.4, 0.5) is 0 Å². The highest BCUT2D eigenvalue weighted by molar-refractivity contribution is 7.91. The summed E-state index contributed by atoms with van der Waals surface area (Å²) in [6, 6.07) is 5.05. The Kier molecular flexibility index (Phi) is 4.19. The van der Waals surface area contributed by atoms with Crippen molar-refractivity contribution in [1.82, 2.24) is 25.2 Å². The molecule has 1 unspecified atom stereocenters. The van der Waals surface area contributed by atoms with Crippen LogP contribution in [-0.4, -0.2) is 33.6 Å². The minimum atomic E-state index is -3.60. The fraction of sp³-hybridized carbons (Fsp3) is 0.571. The van der Waals surface area contributed by atoms with Crippen molar-refractivity contribution in [2.45, 2.75) is 55.3 Å². The molecule has 7 nitrogen and oxygen atoms in total. The van der Waals surface area contributed by atoms with Crippen molar-refractivity contribution in [3.8, 4) is 0 Å². The summed E-state index contributed by atoms with van der Waals surface area (Å²) in [5.41, 5.74) is 0. The van der Waals surface area contributed by atoms with Crippen LogP contribution in [0, 0.1) is 0 Å². The Morgan fingerprint density at radius 1 is 1.23 bits per heavy atom. The molecule has 8 heteroatoms. The zero-order valence-electron chi connectivity index (χ0n) is 12.5. The van der Waals surface area contributed by atoms with Gasteiger partial charge < -0.3 is 0 Å². The van der Waals surface area contributed by atoms with Gasteiger partial charge in [0.1, 0.15) is 5.25 Å². The average molecular weight is 321 g/mol. The molecule has 2 heterocycles. The Labute approximate surface area is 129 Å². The van der Waals surface area contributed by atoms with Crippen molar-refractivity contribution in [1.29, 1.82) is 0 Å². The molecule has 1 atom stereocenters. The predicted octanol–water partition coefficient (Wildman–Crippen LogP) is 2.11. The van der Waals surface area contributed by atoms with Gasteiger partial charge in [0.25, 0.3) is 0 Å². The molecule has 1 fully saturated rings. The minimum absolute atomic E-state index is 0.0562. The van der Waals surface area contributed by atoms with Gasteiger partial charge in [-0.2, -0.15) is 0 Å². The maximum atomic E-state index is 12.7. The van der Waals surface area contributed by atoms with Crippen LogP contribution in [-0.2, 0) is 9.84 Å². The summed E-state index contributed by atoms with van der Waals surface area (Å²) in [6.45, 7) is 1.62. The molecule has 1 aliphatic carbocycles. The lowest BCUT2D eigenvalue weighted by Gasteiger charge is -2.23. The van der Waals surface area contributed by atoms with Crippen LogP contribution in [0.1, 0.15) is 56.1 Å². The Balaban J connectivity index is 1.93. The highest BCUT2D eigenvalue weighted by atomic mass is 32.2. The van der Waals surface area contributed by atoms with Crippen LogP contribution < -0.4 is 0 Å². The molecule has 3 rings (SSSR count). The van der Waals surface area contributed by atoms with Gasteiger partial charge >= 0.3 is 0 Å². The van der Waals surface area contributed by atoms with Gasteiger partial charge in [-0.25, -0.2) is 18.1 Å². The first kappa shape index (κ1) is 15.1. The molecule has 0 N–H and O–H groups in total. The smallest absolute Gasteiger partial charge is 0.205 e. The molecule has 118 valence electrons. The van der Waals surface area contributed by atoms with Gasteiger partial charge in [-0.1, -0.05) is 25.3 Å². The fourth-order valence-corrected chi connectivity index (χ4v) is 4.16. The third-order valence-electron chi connectivity index (χ3n) is 4.20. The predicted molar refractivity (Wildman–Crippen MR) is 79.8 cm³/mol. The SMILES string of the molecule is CC(c1nnnn1C1CCCCC1)S(=O)(=O)c1ccccn1. The minimum Gasteiger partial charge on any atom is -0.245 e. The topological polar surface area (TPSA) is 90.6 Å². The van der Waals surface area contributed by atoms with Gasteiger partial charge in [0.2, 0.25) is 9.84 Å². The maximum Gasteiger partial charge on any atom is 0.205 e. The van der Waals surface area contributed by atoms with E-state index in [0.717, 1.165) is 25.7 Å². The summed E-state index contributed by atoms with van der Waals surface area (Å²) >= 11 is 0. The number of nitrogens with zero attached hydrogens (tertiary/aromatic N) is 5. The molecule has 1 saturated carbocycles. The van der Waals surface area contributed by atoms with Crippen LogP contribution in [0.3, 0.4) is 0 Å². The van der Waals surface area contributed by atoms with E-state index >= 15 is 0 Å². The lowest BCUT2D eigenvalue weighted by Crippen LogP contribution is -2.22. The number of sulfone groups is 1. The molecule has 0 spiro atoms. The van der Waals surface area contributed by atoms with Gasteiger partial charge in [-0.15, -0.1) is 5.10 Å². The largest absolute Gasteiger partial charge is 0.245 e. The summed E-state index contributed by atoms with van der Waals surface area (Å²) in [4.78, 5) is 3.96. The molecule has 0 aliphatic heterocycles. The van der Waals surface area contributed by atoms with E-state index in [2.05, 4.69) is 20.5 Å². The van der Waals surface area contributed by atoms with Gasteiger partial charge in [-0.3, -0.25) is 0 Å². The second-order valence-electron chi connectivity index (χ2n) is 5.63. The zero-order valence-corrected chi connectivity index (χ0v) is 13.3. The van der Waals surface area contributed by atoms with Crippen molar-refractivity contribution in [3.05, 3.63) is 30.2 Å². The quantitative estimate of drug-likeness (QED) is 0.856. The number of pyridine rings is 1. The second-order valence-corrected chi connectivity index (χ2v) is 7.84. The van der Waals surface area contributed by atoms with Crippen molar-refractivity contribution in [2.75, 3.05) is 0 Å². The van der Waals surface area contributed by atoms with Gasteiger partial charge in [-0.05, 0) is 42.3 Å². The molecule has 0 aromatic carbocycles. The van der Waals surface area contributed by atoms with E-state index < -0.39 is 15.1 Å². The summed E-state index contributed by atoms with van der Waals surface area (Å²) in [7, 11) is -3.60. The molecule has 0 radical (unpaired) electrons. The highest BCUT2D eigenvalue weighted by Gasteiger charge is 2.32. The first-order valence-electron chi connectivity index (χ1n) is 7.53. The van der Waals surface area contributed by atoms with E-state index in [1.54, 1.807) is 23.7 Å². The third-order valence-corrected chi connectivity index (χ3v) is 6.16. The zero-order chi connectivity index (χ0) is 15.6. The molecule has 22 heavy (non-hydrogen) atoms. The average Bonchev–Trinajstić information content (AvgIpc) is 3.05. The molecule has 0 amide bonds. The third kappa shape index (κ3) is 2.75. The van der Waals surface area contributed by atoms with Crippen LogP contribution >= 0.6 is 0 Å². The highest BCUT2D eigenvalue weighted by Crippen LogP contribution is 2.32. The van der Waals surface area contributed by atoms with E-state index in [-0.39, 0.29) is 11.1 Å². The van der Waals surface area contributed by atoms with E-state index in [1.807, 2.05) is 0 Å². The van der Waals surface area contributed by atoms with Crippen molar-refractivity contribution in [3.63, 3.8) is 0 Å². The fourth-order valence-electron chi connectivity index (χ4n) is 2.89. The van der Waals surface area contributed by atoms with Crippen LogP contribution in [0.5, 0.6) is 0 Å². The molecular formula is C14H19N5O2S. The number of hydrogen-bond donors (Lipinski definition) is 0. The lowest BCUT2D eigenvalue weighted by molar-refractivity contribution is 0.316. The molecule has 0 saturated heterocycles. The van der Waals surface area contributed by atoms with Gasteiger partial charge in [0, 0.05) is 6.20 Å². The van der Waals surface area contributed by atoms with Gasteiger partial charge in [0.05, 0.1) is 6.04 Å². The summed E-state index contributed by atoms with van der Waals surface area (Å²) in [5.74, 6) is 0.401. The summed E-state index contributed by atoms with van der Waals surface area (Å²) in [6.07, 6.45) is 6.94. The van der Waals surface area contributed by atoms with Gasteiger partial charge in [0.15, 0.2) is 10.9 Å². The Morgan fingerprint density at radius 2 is 2.00 bits per heavy atom. The number of hydrogen-bond acceptors (Lipinski definition) is 6. The van der Waals surface area contributed by atoms with E-state index in [4.69, 9.17) is 0 Å². The number of tetrazole rings is 1. The maximum absolute atomic E-state index is 12.7. The second kappa shape index (κ2) is 6.12. The van der Waals surface area contributed by atoms with Crippen LogP contribution in [0.15, 0.2) is 29.4 Å². The monoisotopic (exact) mass is 321 g/mol. The number of rotatable bonds is 4. The number of aromatic nitrogens is 5. The van der Waals surface area contributed by atoms with Crippen molar-refractivity contribution >= 4 is 9.84 Å². The standard InChI is InChI=1S/C14H19N5O2S/c1-11(22(20,21)13-9-5-6-10-15-13)14-16-17-18-19(14)12-7-3-2-4-8-12/h5-6,9-12H,2-4,7-8H2,1H3. The van der Waals surface area contributed by atoms with Crippen LogP contribution in [0.2, 0.25) is 0 Å². The Bertz CT molecular complexity index is 723. The normalized spacial score (nSPS) is 18.2.